The third-order valence-corrected chi connectivity index (χ3v) is 12.0. The van der Waals surface area contributed by atoms with Gasteiger partial charge in [-0.3, -0.25) is 0 Å². The van der Waals surface area contributed by atoms with E-state index in [4.69, 9.17) is 9.98 Å². The number of benzene rings is 7. The van der Waals surface area contributed by atoms with E-state index in [1.165, 1.54) is 59.1 Å². The van der Waals surface area contributed by atoms with Gasteiger partial charge in [0.2, 0.25) is 0 Å². The molecular weight excluding hydrogens is 651 g/mol. The number of amidine groups is 2. The monoisotopic (exact) mass is 685 g/mol. The van der Waals surface area contributed by atoms with Gasteiger partial charge >= 0.3 is 0 Å². The second-order valence-corrected chi connectivity index (χ2v) is 15.3. The van der Waals surface area contributed by atoms with E-state index in [1.807, 2.05) is 11.3 Å². The largest absolute Gasteiger partial charge is 0.324 e. The van der Waals surface area contributed by atoms with Gasteiger partial charge in [0, 0.05) is 36.7 Å². The van der Waals surface area contributed by atoms with E-state index in [0.717, 1.165) is 33.9 Å². The molecule has 0 amide bonds. The van der Waals surface area contributed by atoms with Gasteiger partial charge in [-0.25, -0.2) is 9.98 Å². The molecule has 0 spiro atoms. The van der Waals surface area contributed by atoms with E-state index in [1.54, 1.807) is 0 Å². The summed E-state index contributed by atoms with van der Waals surface area (Å²) in [4.78, 5) is 10.7. The fraction of sp³-hybridized carbons (Fsp3) is 0.0833. The molecule has 2 heterocycles. The van der Waals surface area contributed by atoms with Crippen LogP contribution in [0.2, 0.25) is 0 Å². The number of hydrogen-bond donors (Lipinski definition) is 1. The Kier molecular flexibility index (Phi) is 7.09. The van der Waals surface area contributed by atoms with Crippen molar-refractivity contribution >= 4 is 43.2 Å². The minimum Gasteiger partial charge on any atom is -0.324 e. The molecule has 2 aliphatic rings. The van der Waals surface area contributed by atoms with Crippen molar-refractivity contribution in [1.29, 1.82) is 0 Å². The fourth-order valence-electron chi connectivity index (χ4n) is 8.03. The molecule has 1 atom stereocenters. The van der Waals surface area contributed by atoms with E-state index in [2.05, 4.69) is 183 Å². The molecule has 10 rings (SSSR count). The molecule has 7 aromatic carbocycles. The summed E-state index contributed by atoms with van der Waals surface area (Å²) in [7, 11) is 0. The van der Waals surface area contributed by atoms with Crippen LogP contribution in [-0.4, -0.2) is 11.7 Å². The van der Waals surface area contributed by atoms with Crippen LogP contribution >= 0.6 is 11.3 Å². The fourth-order valence-corrected chi connectivity index (χ4v) is 9.25. The SMILES string of the molecule is CC1(C)c2ccccc2-c2ccc(C3=NC(c4cccc(-c5ccc(-c6ccccc6)cc5)c4)N=C(c4cccc5c4sc4ccccc45)N3)cc21. The Morgan fingerprint density at radius 3 is 1.96 bits per heavy atom. The summed E-state index contributed by atoms with van der Waals surface area (Å²) in [5.41, 5.74) is 13.1. The third kappa shape index (κ3) is 5.02. The molecule has 248 valence electrons. The Morgan fingerprint density at radius 2 is 1.10 bits per heavy atom. The molecule has 1 aromatic heterocycles. The Bertz CT molecular complexity index is 2730. The molecule has 1 aliphatic carbocycles. The molecular formula is C48H35N3S. The zero-order valence-electron chi connectivity index (χ0n) is 29.0. The zero-order chi connectivity index (χ0) is 34.8. The molecule has 4 heteroatoms. The smallest absolute Gasteiger partial charge is 0.169 e. The van der Waals surface area contributed by atoms with E-state index in [-0.39, 0.29) is 5.41 Å². The Morgan fingerprint density at radius 1 is 0.481 bits per heavy atom. The standard InChI is InChI=1S/C48H35N3S/c1-48(2)41-20-8-6-16-36(41)37-27-26-35(29-42(37)48)46-49-45(50-47(51-46)40-19-11-18-39-38-17-7-9-21-43(38)52-44(39)40)34-15-10-14-33(28-34)32-24-22-31(23-25-32)30-12-4-3-5-13-30/h3-29,45H,1-2H3,(H,49,50,51). The van der Waals surface area contributed by atoms with Crippen LogP contribution in [0.15, 0.2) is 174 Å². The number of fused-ring (bicyclic) bond motifs is 6. The van der Waals surface area contributed by atoms with Crippen LogP contribution in [0.3, 0.4) is 0 Å². The van der Waals surface area contributed by atoms with Crippen LogP contribution in [0.5, 0.6) is 0 Å². The van der Waals surface area contributed by atoms with Crippen LogP contribution < -0.4 is 5.32 Å². The molecule has 52 heavy (non-hydrogen) atoms. The normalized spacial score (nSPS) is 15.8. The van der Waals surface area contributed by atoms with Crippen molar-refractivity contribution in [1.82, 2.24) is 5.32 Å². The zero-order valence-corrected chi connectivity index (χ0v) is 29.8. The lowest BCUT2D eigenvalue weighted by atomic mass is 9.82. The topological polar surface area (TPSA) is 36.8 Å². The van der Waals surface area contributed by atoms with Gasteiger partial charge < -0.3 is 5.32 Å². The van der Waals surface area contributed by atoms with Gasteiger partial charge in [-0.15, -0.1) is 11.3 Å². The summed E-state index contributed by atoms with van der Waals surface area (Å²) in [5, 5.41) is 6.26. The number of rotatable bonds is 5. The summed E-state index contributed by atoms with van der Waals surface area (Å²) in [6, 6.07) is 58.9. The first-order valence-electron chi connectivity index (χ1n) is 17.9. The lowest BCUT2D eigenvalue weighted by Crippen LogP contribution is -2.36. The average molecular weight is 686 g/mol. The van der Waals surface area contributed by atoms with Crippen molar-refractivity contribution in [3.05, 3.63) is 192 Å². The van der Waals surface area contributed by atoms with Crippen LogP contribution in [0.1, 0.15) is 47.8 Å². The van der Waals surface area contributed by atoms with Crippen LogP contribution in [0.4, 0.5) is 0 Å². The van der Waals surface area contributed by atoms with Gasteiger partial charge in [-0.2, -0.15) is 0 Å². The van der Waals surface area contributed by atoms with Crippen LogP contribution in [0.25, 0.3) is 53.6 Å². The summed E-state index contributed by atoms with van der Waals surface area (Å²) >= 11 is 1.82. The Balaban J connectivity index is 1.09. The second-order valence-electron chi connectivity index (χ2n) is 14.2. The lowest BCUT2D eigenvalue weighted by Gasteiger charge is -2.25. The molecule has 3 nitrogen and oxygen atoms in total. The maximum Gasteiger partial charge on any atom is 0.169 e. The number of nitrogens with zero attached hydrogens (tertiary/aromatic N) is 2. The molecule has 0 radical (unpaired) electrons. The number of thiophene rings is 1. The summed E-state index contributed by atoms with van der Waals surface area (Å²) < 4.78 is 2.51. The predicted octanol–water partition coefficient (Wildman–Crippen LogP) is 12.2. The highest BCUT2D eigenvalue weighted by atomic mass is 32.1. The summed E-state index contributed by atoms with van der Waals surface area (Å²) in [6.45, 7) is 4.65. The highest BCUT2D eigenvalue weighted by Gasteiger charge is 2.36. The van der Waals surface area contributed by atoms with Gasteiger partial charge in [-0.05, 0) is 74.3 Å². The van der Waals surface area contributed by atoms with Crippen LogP contribution in [0, 0.1) is 0 Å². The highest BCUT2D eigenvalue weighted by molar-refractivity contribution is 7.26. The molecule has 1 unspecified atom stereocenters. The van der Waals surface area contributed by atoms with Gasteiger partial charge in [0.15, 0.2) is 6.17 Å². The Labute approximate surface area is 307 Å². The van der Waals surface area contributed by atoms with Crippen molar-refractivity contribution < 1.29 is 0 Å². The van der Waals surface area contributed by atoms with E-state index in [9.17, 15) is 0 Å². The molecule has 1 aliphatic heterocycles. The molecule has 8 aromatic rings. The minimum absolute atomic E-state index is 0.111. The molecule has 1 N–H and O–H groups in total. The minimum atomic E-state index is -0.419. The van der Waals surface area contributed by atoms with Gasteiger partial charge in [0.05, 0.1) is 0 Å². The molecule has 0 bridgehead atoms. The van der Waals surface area contributed by atoms with Crippen molar-refractivity contribution in [3.63, 3.8) is 0 Å². The average Bonchev–Trinajstić information content (AvgIpc) is 3.70. The van der Waals surface area contributed by atoms with Crippen molar-refractivity contribution in [3.8, 4) is 33.4 Å². The molecule has 0 saturated heterocycles. The maximum atomic E-state index is 5.37. The van der Waals surface area contributed by atoms with Gasteiger partial charge in [0.1, 0.15) is 11.7 Å². The van der Waals surface area contributed by atoms with Crippen molar-refractivity contribution in [2.24, 2.45) is 9.98 Å². The second kappa shape index (κ2) is 12.0. The number of aliphatic imine (C=N–C) groups is 2. The highest BCUT2D eigenvalue weighted by Crippen LogP contribution is 2.49. The van der Waals surface area contributed by atoms with E-state index < -0.39 is 6.17 Å². The lowest BCUT2D eigenvalue weighted by molar-refractivity contribution is 0.660. The van der Waals surface area contributed by atoms with Crippen LogP contribution in [-0.2, 0) is 5.41 Å². The first-order valence-corrected chi connectivity index (χ1v) is 18.7. The first kappa shape index (κ1) is 30.7. The van der Waals surface area contributed by atoms with Gasteiger partial charge in [-0.1, -0.05) is 153 Å². The Hall–Kier alpha value is -6.10. The maximum absolute atomic E-state index is 5.37. The van der Waals surface area contributed by atoms with E-state index >= 15 is 0 Å². The number of hydrogen-bond acceptors (Lipinski definition) is 4. The summed E-state index contributed by atoms with van der Waals surface area (Å²) in [6.07, 6.45) is -0.419. The molecule has 0 saturated carbocycles. The van der Waals surface area contributed by atoms with Crippen molar-refractivity contribution in [2.45, 2.75) is 25.4 Å². The van der Waals surface area contributed by atoms with Gasteiger partial charge in [0.25, 0.3) is 0 Å². The first-order chi connectivity index (χ1) is 25.5. The number of nitrogens with one attached hydrogen (secondary N) is 1. The van der Waals surface area contributed by atoms with Crippen molar-refractivity contribution in [2.75, 3.05) is 0 Å². The predicted molar refractivity (Wildman–Crippen MR) is 220 cm³/mol. The molecule has 0 fully saturated rings. The third-order valence-electron chi connectivity index (χ3n) is 10.8. The van der Waals surface area contributed by atoms with E-state index in [0.29, 0.717) is 0 Å². The summed E-state index contributed by atoms with van der Waals surface area (Å²) in [5.74, 6) is 1.67. The quantitative estimate of drug-likeness (QED) is 0.192.